The van der Waals surface area contributed by atoms with E-state index >= 15 is 0 Å². The first-order chi connectivity index (χ1) is 13.3. The molecule has 1 aliphatic rings. The lowest BCUT2D eigenvalue weighted by Gasteiger charge is -2.26. The highest BCUT2D eigenvalue weighted by Gasteiger charge is 2.33. The first kappa shape index (κ1) is 19.0. The number of nitrogens with one attached hydrogen (secondary N) is 1. The third-order valence-corrected chi connectivity index (χ3v) is 6.62. The number of H-pyrrole nitrogens is 1. The number of hydrogen-bond donors (Lipinski definition) is 1. The molecule has 1 saturated heterocycles. The number of fused-ring (bicyclic) bond motifs is 1. The number of rotatable bonds is 3. The number of alkyl halides is 3. The van der Waals surface area contributed by atoms with Crippen molar-refractivity contribution in [3.8, 4) is 11.3 Å². The summed E-state index contributed by atoms with van der Waals surface area (Å²) in [5, 5.41) is 0.529. The maximum absolute atomic E-state index is 13.3. The van der Waals surface area contributed by atoms with Crippen LogP contribution >= 0.6 is 0 Å². The normalized spacial score (nSPS) is 16.5. The largest absolute Gasteiger partial charge is 0.417 e. The molecule has 0 aliphatic carbocycles. The predicted octanol–water partition coefficient (Wildman–Crippen LogP) is 3.87. The highest BCUT2D eigenvalue weighted by Crippen LogP contribution is 2.37. The Hall–Kier alpha value is -2.36. The molecule has 1 aliphatic heterocycles. The number of aromatic amines is 1. The van der Waals surface area contributed by atoms with Gasteiger partial charge in [-0.05, 0) is 30.3 Å². The van der Waals surface area contributed by atoms with Gasteiger partial charge in [-0.15, -0.1) is 0 Å². The van der Waals surface area contributed by atoms with E-state index in [2.05, 4.69) is 4.98 Å². The summed E-state index contributed by atoms with van der Waals surface area (Å²) in [6, 6.07) is 11.3. The van der Waals surface area contributed by atoms with Crippen molar-refractivity contribution in [3.05, 3.63) is 54.1 Å². The zero-order valence-corrected chi connectivity index (χ0v) is 15.5. The molecule has 1 aromatic heterocycles. The van der Waals surface area contributed by atoms with Crippen LogP contribution in [0.25, 0.3) is 22.2 Å². The molecule has 0 atom stereocenters. The fourth-order valence-electron chi connectivity index (χ4n) is 3.32. The van der Waals surface area contributed by atoms with Crippen molar-refractivity contribution in [2.45, 2.75) is 11.1 Å². The van der Waals surface area contributed by atoms with Crippen molar-refractivity contribution >= 4 is 20.9 Å². The number of morpholine rings is 1. The highest BCUT2D eigenvalue weighted by molar-refractivity contribution is 7.89. The first-order valence-electron chi connectivity index (χ1n) is 8.64. The maximum atomic E-state index is 13.3. The van der Waals surface area contributed by atoms with E-state index in [4.69, 9.17) is 4.74 Å². The standard InChI is InChI=1S/C19H17F3N2O3S/c20-19(21,22)16-4-2-1-3-15(16)18-12-13-11-14(5-6-17(13)23-18)28(25,26)24-7-9-27-10-8-24/h1-6,11-12,23H,7-10H2. The van der Waals surface area contributed by atoms with Crippen LogP contribution in [0.5, 0.6) is 0 Å². The van der Waals surface area contributed by atoms with Gasteiger partial charge in [-0.3, -0.25) is 0 Å². The monoisotopic (exact) mass is 410 g/mol. The smallest absolute Gasteiger partial charge is 0.379 e. The number of halogens is 3. The second-order valence-corrected chi connectivity index (χ2v) is 8.43. The summed E-state index contributed by atoms with van der Waals surface area (Å²) < 4.78 is 72.1. The van der Waals surface area contributed by atoms with Gasteiger partial charge in [0.15, 0.2) is 0 Å². The molecule has 1 N–H and O–H groups in total. The fourth-order valence-corrected chi connectivity index (χ4v) is 4.76. The molecule has 0 saturated carbocycles. The van der Waals surface area contributed by atoms with Gasteiger partial charge in [0.05, 0.1) is 23.7 Å². The topological polar surface area (TPSA) is 62.4 Å². The van der Waals surface area contributed by atoms with Crippen molar-refractivity contribution in [2.24, 2.45) is 0 Å². The summed E-state index contributed by atoms with van der Waals surface area (Å²) in [6.45, 7) is 1.23. The number of ether oxygens (including phenoxy) is 1. The van der Waals surface area contributed by atoms with E-state index in [1.165, 1.54) is 40.7 Å². The second kappa shape index (κ2) is 6.91. The third kappa shape index (κ3) is 3.41. The highest BCUT2D eigenvalue weighted by atomic mass is 32.2. The van der Waals surface area contributed by atoms with Gasteiger partial charge in [0.1, 0.15) is 0 Å². The second-order valence-electron chi connectivity index (χ2n) is 6.49. The molecule has 1 fully saturated rings. The Morgan fingerprint density at radius 2 is 1.71 bits per heavy atom. The SMILES string of the molecule is O=S(=O)(c1ccc2[nH]c(-c3ccccc3C(F)(F)F)cc2c1)N1CCOCC1. The minimum Gasteiger partial charge on any atom is -0.379 e. The van der Waals surface area contributed by atoms with Gasteiger partial charge in [-0.25, -0.2) is 8.42 Å². The Labute approximate surface area is 159 Å². The summed E-state index contributed by atoms with van der Waals surface area (Å²) >= 11 is 0. The number of aromatic nitrogens is 1. The molecule has 9 heteroatoms. The minimum atomic E-state index is -4.49. The Balaban J connectivity index is 1.76. The summed E-state index contributed by atoms with van der Waals surface area (Å²) in [4.78, 5) is 3.06. The van der Waals surface area contributed by atoms with Gasteiger partial charge in [0.25, 0.3) is 0 Å². The number of sulfonamides is 1. The molecule has 0 amide bonds. The lowest BCUT2D eigenvalue weighted by Crippen LogP contribution is -2.40. The number of benzene rings is 2. The fraction of sp³-hybridized carbons (Fsp3) is 0.263. The van der Waals surface area contributed by atoms with Gasteiger partial charge < -0.3 is 9.72 Å². The average Bonchev–Trinajstić information content (AvgIpc) is 3.11. The summed E-state index contributed by atoms with van der Waals surface area (Å²) in [5.74, 6) is 0. The molecule has 4 rings (SSSR count). The van der Waals surface area contributed by atoms with Gasteiger partial charge in [0.2, 0.25) is 10.0 Å². The van der Waals surface area contributed by atoms with E-state index < -0.39 is 21.8 Å². The molecule has 0 spiro atoms. The van der Waals surface area contributed by atoms with Crippen LogP contribution in [0, 0.1) is 0 Å². The zero-order valence-electron chi connectivity index (χ0n) is 14.7. The summed E-state index contributed by atoms with van der Waals surface area (Å²) in [7, 11) is -3.68. The molecule has 5 nitrogen and oxygen atoms in total. The maximum Gasteiger partial charge on any atom is 0.417 e. The van der Waals surface area contributed by atoms with Gasteiger partial charge >= 0.3 is 6.18 Å². The lowest BCUT2D eigenvalue weighted by atomic mass is 10.0. The summed E-state index contributed by atoms with van der Waals surface area (Å²) in [5.41, 5.74) is 0.114. The van der Waals surface area contributed by atoms with Crippen molar-refractivity contribution in [2.75, 3.05) is 26.3 Å². The zero-order chi connectivity index (χ0) is 19.9. The van der Waals surface area contributed by atoms with Crippen LogP contribution in [0.1, 0.15) is 5.56 Å². The van der Waals surface area contributed by atoms with E-state index in [9.17, 15) is 21.6 Å². The Morgan fingerprint density at radius 3 is 2.43 bits per heavy atom. The van der Waals surface area contributed by atoms with Gasteiger partial charge in [-0.2, -0.15) is 17.5 Å². The molecular formula is C19H17F3N2O3S. The Bertz CT molecular complexity index is 1120. The van der Waals surface area contributed by atoms with E-state index in [1.807, 2.05) is 0 Å². The molecule has 2 aromatic carbocycles. The quantitative estimate of drug-likeness (QED) is 0.713. The van der Waals surface area contributed by atoms with Crippen LogP contribution in [0.2, 0.25) is 0 Å². The van der Waals surface area contributed by atoms with Crippen LogP contribution in [0.4, 0.5) is 13.2 Å². The van der Waals surface area contributed by atoms with Gasteiger partial charge in [-0.1, -0.05) is 18.2 Å². The minimum absolute atomic E-state index is 0.0174. The third-order valence-electron chi connectivity index (χ3n) is 4.72. The number of nitrogens with zero attached hydrogens (tertiary/aromatic N) is 1. The van der Waals surface area contributed by atoms with Crippen molar-refractivity contribution in [1.82, 2.24) is 9.29 Å². The van der Waals surface area contributed by atoms with Crippen LogP contribution in [-0.2, 0) is 20.9 Å². The van der Waals surface area contributed by atoms with E-state index in [0.717, 1.165) is 6.07 Å². The summed E-state index contributed by atoms with van der Waals surface area (Å²) in [6.07, 6.45) is -4.49. The molecule has 0 unspecified atom stereocenters. The molecule has 0 bridgehead atoms. The number of hydrogen-bond acceptors (Lipinski definition) is 3. The van der Waals surface area contributed by atoms with E-state index in [-0.39, 0.29) is 29.2 Å². The van der Waals surface area contributed by atoms with Crippen molar-refractivity contribution in [1.29, 1.82) is 0 Å². The van der Waals surface area contributed by atoms with E-state index in [1.54, 1.807) is 6.07 Å². The van der Waals surface area contributed by atoms with Crippen molar-refractivity contribution in [3.63, 3.8) is 0 Å². The van der Waals surface area contributed by atoms with Crippen molar-refractivity contribution < 1.29 is 26.3 Å². The molecule has 28 heavy (non-hydrogen) atoms. The van der Waals surface area contributed by atoms with Crippen LogP contribution in [0.3, 0.4) is 0 Å². The van der Waals surface area contributed by atoms with E-state index in [0.29, 0.717) is 24.1 Å². The van der Waals surface area contributed by atoms with Crippen LogP contribution in [-0.4, -0.2) is 44.0 Å². The first-order valence-corrected chi connectivity index (χ1v) is 10.1. The molecular weight excluding hydrogens is 393 g/mol. The van der Waals surface area contributed by atoms with Crippen LogP contribution < -0.4 is 0 Å². The Kier molecular flexibility index (Phi) is 4.68. The van der Waals surface area contributed by atoms with Gasteiger partial charge in [0, 0.05) is 35.2 Å². The molecule has 2 heterocycles. The lowest BCUT2D eigenvalue weighted by molar-refractivity contribution is -0.137. The predicted molar refractivity (Wildman–Crippen MR) is 98.3 cm³/mol. The molecule has 0 radical (unpaired) electrons. The van der Waals surface area contributed by atoms with Crippen LogP contribution in [0.15, 0.2) is 53.4 Å². The average molecular weight is 410 g/mol. The Morgan fingerprint density at radius 1 is 1.00 bits per heavy atom. The molecule has 148 valence electrons. The molecule has 3 aromatic rings.